The molecule has 1 amide bonds. The van der Waals surface area contributed by atoms with Crippen LogP contribution in [0, 0.1) is 0 Å². The van der Waals surface area contributed by atoms with Gasteiger partial charge < -0.3 is 10.5 Å². The Bertz CT molecular complexity index is 92.9. The fraction of sp³-hybridized carbons (Fsp3) is 0.333. The normalized spacial score (nSPS) is 12.7. The third-order valence-electron chi connectivity index (χ3n) is 0.391. The molecule has 4 heteroatoms. The molecule has 0 fully saturated rings. The van der Waals surface area contributed by atoms with Gasteiger partial charge in [-0.3, -0.25) is 4.79 Å². The highest BCUT2D eigenvalue weighted by Gasteiger charge is 2.06. The van der Waals surface area contributed by atoms with Gasteiger partial charge in [0.15, 0.2) is 5.38 Å². The van der Waals surface area contributed by atoms with Gasteiger partial charge in [-0.15, -0.1) is 11.6 Å². The van der Waals surface area contributed by atoms with Crippen molar-refractivity contribution in [2.24, 2.45) is 5.73 Å². The Morgan fingerprint density at radius 3 is 2.29 bits per heavy atom. The lowest BCUT2D eigenvalue weighted by atomic mass is 10.5. The number of halogens is 1. The lowest BCUT2D eigenvalue weighted by Crippen LogP contribution is -2.24. The summed E-state index contributed by atoms with van der Waals surface area (Å²) in [6.07, 6.45) is 0.282. The summed E-state index contributed by atoms with van der Waals surface area (Å²) in [4.78, 5) is 19.3. The quantitative estimate of drug-likeness (QED) is 0.298. The second-order valence-electron chi connectivity index (χ2n) is 0.940. The molecule has 0 aliphatic carbocycles. The lowest BCUT2D eigenvalue weighted by molar-refractivity contribution is -0.120. The second-order valence-corrected chi connectivity index (χ2v) is 1.41. The van der Waals surface area contributed by atoms with Crippen molar-refractivity contribution >= 4 is 23.8 Å². The molecule has 40 valence electrons. The first-order valence-electron chi connectivity index (χ1n) is 1.57. The predicted molar refractivity (Wildman–Crippen MR) is 24.9 cm³/mol. The Labute approximate surface area is 45.4 Å². The molecule has 2 N–H and O–H groups in total. The van der Waals surface area contributed by atoms with Gasteiger partial charge in [0.05, 0.1) is 0 Å². The molecule has 0 rings (SSSR count). The summed E-state index contributed by atoms with van der Waals surface area (Å²) in [7, 11) is 0. The van der Waals surface area contributed by atoms with E-state index < -0.39 is 11.3 Å². The minimum atomic E-state index is -1.17. The highest BCUT2D eigenvalue weighted by atomic mass is 35.5. The van der Waals surface area contributed by atoms with Crippen LogP contribution < -0.4 is 5.73 Å². The first-order chi connectivity index (χ1) is 3.18. The highest BCUT2D eigenvalue weighted by molar-refractivity contribution is 6.38. The smallest absolute Gasteiger partial charge is 0.242 e. The minimum absolute atomic E-state index is 0.282. The van der Waals surface area contributed by atoms with Gasteiger partial charge in [-0.05, 0) is 0 Å². The van der Waals surface area contributed by atoms with Crippen LogP contribution in [0.15, 0.2) is 0 Å². The minimum Gasteiger partial charge on any atom is -0.368 e. The standard InChI is InChI=1S/C3H4ClNO2/c4-2(1-6)3(5)7/h1-2H,(H2,5,7)/t2-/m0/s1. The molecule has 0 aliphatic rings. The molecular weight excluding hydrogens is 117 g/mol. The summed E-state index contributed by atoms with van der Waals surface area (Å²) in [5.74, 6) is -0.809. The van der Waals surface area contributed by atoms with E-state index in [-0.39, 0.29) is 6.29 Å². The van der Waals surface area contributed by atoms with E-state index in [0.717, 1.165) is 0 Å². The summed E-state index contributed by atoms with van der Waals surface area (Å²) in [5, 5.41) is -1.17. The highest BCUT2D eigenvalue weighted by Crippen LogP contribution is 1.85. The largest absolute Gasteiger partial charge is 0.368 e. The van der Waals surface area contributed by atoms with E-state index in [1.165, 1.54) is 0 Å². The summed E-state index contributed by atoms with van der Waals surface area (Å²) in [5.41, 5.74) is 4.54. The summed E-state index contributed by atoms with van der Waals surface area (Å²) in [6.45, 7) is 0. The number of carbonyl (C=O) groups is 2. The summed E-state index contributed by atoms with van der Waals surface area (Å²) < 4.78 is 0. The maximum absolute atomic E-state index is 9.79. The van der Waals surface area contributed by atoms with Crippen molar-refractivity contribution in [1.82, 2.24) is 0 Å². The van der Waals surface area contributed by atoms with Crippen molar-refractivity contribution in [1.29, 1.82) is 0 Å². The fourth-order valence-corrected chi connectivity index (χ4v) is 0.0671. The van der Waals surface area contributed by atoms with Crippen LogP contribution in [0.25, 0.3) is 0 Å². The molecule has 0 bridgehead atoms. The number of amides is 1. The molecule has 0 saturated heterocycles. The van der Waals surface area contributed by atoms with Crippen molar-refractivity contribution < 1.29 is 9.59 Å². The van der Waals surface area contributed by atoms with Gasteiger partial charge >= 0.3 is 0 Å². The maximum Gasteiger partial charge on any atom is 0.242 e. The maximum atomic E-state index is 9.79. The van der Waals surface area contributed by atoms with Crippen LogP contribution in [-0.2, 0) is 9.59 Å². The van der Waals surface area contributed by atoms with Crippen LogP contribution in [0.1, 0.15) is 0 Å². The molecule has 0 saturated carbocycles. The molecule has 0 radical (unpaired) electrons. The fourth-order valence-electron chi connectivity index (χ4n) is 0.0671. The van der Waals surface area contributed by atoms with Crippen molar-refractivity contribution in [3.05, 3.63) is 0 Å². The third kappa shape index (κ3) is 2.17. The Kier molecular flexibility index (Phi) is 2.37. The lowest BCUT2D eigenvalue weighted by Gasteiger charge is -1.87. The van der Waals surface area contributed by atoms with Gasteiger partial charge in [-0.1, -0.05) is 0 Å². The van der Waals surface area contributed by atoms with E-state index in [2.05, 4.69) is 5.73 Å². The molecule has 0 spiro atoms. The molecule has 0 aromatic rings. The van der Waals surface area contributed by atoms with Crippen molar-refractivity contribution in [2.75, 3.05) is 0 Å². The topological polar surface area (TPSA) is 60.2 Å². The Balaban J connectivity index is 3.55. The van der Waals surface area contributed by atoms with Crippen LogP contribution in [0.2, 0.25) is 0 Å². The monoisotopic (exact) mass is 121 g/mol. The van der Waals surface area contributed by atoms with E-state index >= 15 is 0 Å². The Hall–Kier alpha value is -0.570. The molecule has 0 aromatic heterocycles. The summed E-state index contributed by atoms with van der Waals surface area (Å²) >= 11 is 4.96. The number of hydrogen-bond acceptors (Lipinski definition) is 2. The van der Waals surface area contributed by atoms with E-state index in [0.29, 0.717) is 0 Å². The SMILES string of the molecule is NC(=O)[C@@H](Cl)C=O. The average molecular weight is 122 g/mol. The van der Waals surface area contributed by atoms with Crippen molar-refractivity contribution in [3.8, 4) is 0 Å². The number of rotatable bonds is 2. The van der Waals surface area contributed by atoms with Crippen molar-refractivity contribution in [3.63, 3.8) is 0 Å². The summed E-state index contributed by atoms with van der Waals surface area (Å²) in [6, 6.07) is 0. The zero-order valence-electron chi connectivity index (χ0n) is 3.43. The first-order valence-corrected chi connectivity index (χ1v) is 2.01. The Morgan fingerprint density at radius 1 is 1.86 bits per heavy atom. The van der Waals surface area contributed by atoms with E-state index in [1.54, 1.807) is 0 Å². The second kappa shape index (κ2) is 2.58. The Morgan fingerprint density at radius 2 is 2.29 bits per heavy atom. The van der Waals surface area contributed by atoms with Gasteiger partial charge in [-0.2, -0.15) is 0 Å². The third-order valence-corrected chi connectivity index (χ3v) is 0.709. The number of alkyl halides is 1. The predicted octanol–water partition coefficient (Wildman–Crippen LogP) is -0.722. The molecule has 7 heavy (non-hydrogen) atoms. The van der Waals surface area contributed by atoms with Gasteiger partial charge in [0.25, 0.3) is 0 Å². The van der Waals surface area contributed by atoms with Gasteiger partial charge in [-0.25, -0.2) is 0 Å². The van der Waals surface area contributed by atoms with Crippen molar-refractivity contribution in [2.45, 2.75) is 5.38 Å². The molecule has 0 heterocycles. The zero-order valence-corrected chi connectivity index (χ0v) is 4.18. The number of aldehydes is 1. The molecule has 1 atom stereocenters. The molecule has 0 unspecified atom stereocenters. The van der Waals surface area contributed by atoms with Gasteiger partial charge in [0, 0.05) is 0 Å². The number of nitrogens with two attached hydrogens (primary N) is 1. The number of hydrogen-bond donors (Lipinski definition) is 1. The van der Waals surface area contributed by atoms with Crippen LogP contribution in [-0.4, -0.2) is 17.6 Å². The van der Waals surface area contributed by atoms with Gasteiger partial charge in [0.2, 0.25) is 5.91 Å². The average Bonchev–Trinajstić information content (AvgIpc) is 1.65. The number of primary amides is 1. The van der Waals surface area contributed by atoms with Crippen LogP contribution in [0.5, 0.6) is 0 Å². The zero-order chi connectivity index (χ0) is 5.86. The van der Waals surface area contributed by atoms with Gasteiger partial charge in [0.1, 0.15) is 6.29 Å². The van der Waals surface area contributed by atoms with E-state index in [1.807, 2.05) is 0 Å². The first kappa shape index (κ1) is 6.43. The molecule has 3 nitrogen and oxygen atoms in total. The van der Waals surface area contributed by atoms with Crippen LogP contribution >= 0.6 is 11.6 Å². The van der Waals surface area contributed by atoms with E-state index in [9.17, 15) is 9.59 Å². The van der Waals surface area contributed by atoms with Crippen LogP contribution in [0.3, 0.4) is 0 Å². The van der Waals surface area contributed by atoms with Crippen LogP contribution in [0.4, 0.5) is 0 Å². The molecule has 0 aliphatic heterocycles. The molecular formula is C3H4ClNO2. The van der Waals surface area contributed by atoms with E-state index in [4.69, 9.17) is 11.6 Å². The number of carbonyl (C=O) groups excluding carboxylic acids is 2. The molecule has 0 aromatic carbocycles.